The average molecular weight is 186 g/mol. The van der Waals surface area contributed by atoms with Crippen LogP contribution in [0.25, 0.3) is 0 Å². The van der Waals surface area contributed by atoms with Crippen LogP contribution in [0, 0.1) is 5.92 Å². The van der Waals surface area contributed by atoms with Gasteiger partial charge in [-0.2, -0.15) is 0 Å². The summed E-state index contributed by atoms with van der Waals surface area (Å²) in [6.45, 7) is 3.90. The molecule has 0 aromatic carbocycles. The molecule has 4 nitrogen and oxygen atoms in total. The van der Waals surface area contributed by atoms with Crippen LogP contribution >= 0.6 is 0 Å². The van der Waals surface area contributed by atoms with Crippen molar-refractivity contribution in [3.8, 4) is 0 Å². The largest absolute Gasteiger partial charge is 0.460 e. The Morgan fingerprint density at radius 3 is 3.00 bits per heavy atom. The first kappa shape index (κ1) is 8.97. The molecule has 0 aromatic rings. The van der Waals surface area contributed by atoms with Crippen molar-refractivity contribution >= 4 is 5.97 Å². The Bertz CT molecular complexity index is 216. The standard InChI is InChI=1S/C9H14O4/c1-5-3-7-8(13-6(2)10)4-11-9(7)12-5/h5,7-9H,3-4H2,1-2H3/t5-,7+,8+,9+/m1/s1. The Balaban J connectivity index is 1.96. The summed E-state index contributed by atoms with van der Waals surface area (Å²) in [4.78, 5) is 10.8. The summed E-state index contributed by atoms with van der Waals surface area (Å²) in [5, 5.41) is 0. The van der Waals surface area contributed by atoms with Crippen LogP contribution in [0.4, 0.5) is 0 Å². The topological polar surface area (TPSA) is 44.8 Å². The quantitative estimate of drug-likeness (QED) is 0.565. The van der Waals surface area contributed by atoms with E-state index in [1.54, 1.807) is 0 Å². The van der Waals surface area contributed by atoms with Crippen LogP contribution in [-0.2, 0) is 19.0 Å². The van der Waals surface area contributed by atoms with Crippen molar-refractivity contribution in [2.75, 3.05) is 6.61 Å². The lowest BCUT2D eigenvalue weighted by Crippen LogP contribution is -2.25. The van der Waals surface area contributed by atoms with Gasteiger partial charge in [0.15, 0.2) is 6.29 Å². The van der Waals surface area contributed by atoms with Gasteiger partial charge in [0, 0.05) is 6.92 Å². The molecule has 2 aliphatic rings. The number of ether oxygens (including phenoxy) is 3. The Hall–Kier alpha value is -0.610. The molecule has 0 aromatic heterocycles. The Labute approximate surface area is 77.1 Å². The van der Waals surface area contributed by atoms with Crippen LogP contribution in [0.2, 0.25) is 0 Å². The van der Waals surface area contributed by atoms with Crippen LogP contribution in [0.5, 0.6) is 0 Å². The Kier molecular flexibility index (Phi) is 2.26. The molecule has 2 saturated heterocycles. The Morgan fingerprint density at radius 1 is 1.54 bits per heavy atom. The zero-order valence-corrected chi connectivity index (χ0v) is 7.86. The number of carbonyl (C=O) groups excluding carboxylic acids is 1. The maximum atomic E-state index is 10.8. The minimum atomic E-state index is -0.242. The summed E-state index contributed by atoms with van der Waals surface area (Å²) in [5.74, 6) is -0.00676. The molecule has 2 fully saturated rings. The van der Waals surface area contributed by atoms with E-state index in [9.17, 15) is 4.79 Å². The molecular weight excluding hydrogens is 172 g/mol. The highest BCUT2D eigenvalue weighted by Crippen LogP contribution is 2.36. The molecule has 2 aliphatic heterocycles. The molecule has 2 heterocycles. The molecule has 0 spiro atoms. The lowest BCUT2D eigenvalue weighted by atomic mass is 10.0. The highest BCUT2D eigenvalue weighted by molar-refractivity contribution is 5.66. The van der Waals surface area contributed by atoms with Gasteiger partial charge in [-0.05, 0) is 13.3 Å². The van der Waals surface area contributed by atoms with Gasteiger partial charge in [-0.15, -0.1) is 0 Å². The molecule has 74 valence electrons. The number of carbonyl (C=O) groups is 1. The molecule has 4 atom stereocenters. The van der Waals surface area contributed by atoms with E-state index in [4.69, 9.17) is 14.2 Å². The number of rotatable bonds is 1. The van der Waals surface area contributed by atoms with Crippen molar-refractivity contribution in [3.05, 3.63) is 0 Å². The molecule has 13 heavy (non-hydrogen) atoms. The molecule has 0 unspecified atom stereocenters. The van der Waals surface area contributed by atoms with Crippen LogP contribution in [-0.4, -0.2) is 31.1 Å². The molecular formula is C9H14O4. The predicted molar refractivity (Wildman–Crippen MR) is 43.9 cm³/mol. The van der Waals surface area contributed by atoms with E-state index >= 15 is 0 Å². The van der Waals surface area contributed by atoms with Crippen molar-refractivity contribution in [2.45, 2.75) is 38.8 Å². The van der Waals surface area contributed by atoms with Gasteiger partial charge in [-0.25, -0.2) is 0 Å². The van der Waals surface area contributed by atoms with Gasteiger partial charge in [0.25, 0.3) is 0 Å². The van der Waals surface area contributed by atoms with Crippen LogP contribution < -0.4 is 0 Å². The third-order valence-corrected chi connectivity index (χ3v) is 2.54. The predicted octanol–water partition coefficient (Wildman–Crippen LogP) is 0.699. The fourth-order valence-corrected chi connectivity index (χ4v) is 2.02. The van der Waals surface area contributed by atoms with E-state index < -0.39 is 0 Å². The summed E-state index contributed by atoms with van der Waals surface area (Å²) >= 11 is 0. The van der Waals surface area contributed by atoms with Crippen molar-refractivity contribution in [1.29, 1.82) is 0 Å². The molecule has 4 heteroatoms. The lowest BCUT2D eigenvalue weighted by Gasteiger charge is -2.14. The summed E-state index contributed by atoms with van der Waals surface area (Å²) in [7, 11) is 0. The number of hydrogen-bond donors (Lipinski definition) is 0. The van der Waals surface area contributed by atoms with Gasteiger partial charge in [0.2, 0.25) is 0 Å². The number of hydrogen-bond acceptors (Lipinski definition) is 4. The molecule has 0 aliphatic carbocycles. The van der Waals surface area contributed by atoms with E-state index in [1.807, 2.05) is 6.92 Å². The molecule has 0 bridgehead atoms. The fraction of sp³-hybridized carbons (Fsp3) is 0.889. The minimum absolute atomic E-state index is 0.104. The lowest BCUT2D eigenvalue weighted by molar-refractivity contribution is -0.148. The monoisotopic (exact) mass is 186 g/mol. The third-order valence-electron chi connectivity index (χ3n) is 2.54. The second kappa shape index (κ2) is 3.27. The zero-order chi connectivity index (χ0) is 9.42. The van der Waals surface area contributed by atoms with Gasteiger partial charge in [0.1, 0.15) is 6.10 Å². The number of fused-ring (bicyclic) bond motifs is 1. The first-order chi connectivity index (χ1) is 6.16. The second-order valence-electron chi connectivity index (χ2n) is 3.70. The number of esters is 1. The van der Waals surface area contributed by atoms with E-state index in [0.29, 0.717) is 6.61 Å². The van der Waals surface area contributed by atoms with Crippen molar-refractivity contribution in [2.24, 2.45) is 5.92 Å². The van der Waals surface area contributed by atoms with E-state index in [1.165, 1.54) is 6.92 Å². The normalized spacial score (nSPS) is 43.2. The van der Waals surface area contributed by atoms with Gasteiger partial charge >= 0.3 is 5.97 Å². The van der Waals surface area contributed by atoms with Crippen LogP contribution in [0.3, 0.4) is 0 Å². The third kappa shape index (κ3) is 1.69. The fourth-order valence-electron chi connectivity index (χ4n) is 2.02. The molecule has 0 amide bonds. The zero-order valence-electron chi connectivity index (χ0n) is 7.86. The van der Waals surface area contributed by atoms with Crippen LogP contribution in [0.15, 0.2) is 0 Å². The van der Waals surface area contributed by atoms with E-state index in [0.717, 1.165) is 6.42 Å². The molecule has 2 rings (SSSR count). The summed E-state index contributed by atoms with van der Waals surface area (Å²) in [6, 6.07) is 0. The summed E-state index contributed by atoms with van der Waals surface area (Å²) in [6.07, 6.45) is 0.878. The van der Waals surface area contributed by atoms with Crippen molar-refractivity contribution in [3.63, 3.8) is 0 Å². The summed E-state index contributed by atoms with van der Waals surface area (Å²) < 4.78 is 16.0. The van der Waals surface area contributed by atoms with Gasteiger partial charge in [-0.3, -0.25) is 4.79 Å². The highest BCUT2D eigenvalue weighted by atomic mass is 16.7. The smallest absolute Gasteiger partial charge is 0.302 e. The highest BCUT2D eigenvalue weighted by Gasteiger charge is 2.46. The molecule has 0 saturated carbocycles. The van der Waals surface area contributed by atoms with Gasteiger partial charge in [-0.1, -0.05) is 0 Å². The maximum absolute atomic E-state index is 10.8. The molecule has 0 N–H and O–H groups in total. The summed E-state index contributed by atoms with van der Waals surface area (Å²) in [5.41, 5.74) is 0. The Morgan fingerprint density at radius 2 is 2.31 bits per heavy atom. The van der Waals surface area contributed by atoms with E-state index in [-0.39, 0.29) is 30.4 Å². The average Bonchev–Trinajstić information content (AvgIpc) is 2.51. The first-order valence-corrected chi connectivity index (χ1v) is 4.61. The SMILES string of the molecule is CC(=O)O[C@H]1CO[C@H]2O[C@H](C)C[C@H]21. The maximum Gasteiger partial charge on any atom is 0.302 e. The second-order valence-corrected chi connectivity index (χ2v) is 3.70. The van der Waals surface area contributed by atoms with E-state index in [2.05, 4.69) is 0 Å². The van der Waals surface area contributed by atoms with Gasteiger partial charge < -0.3 is 14.2 Å². The first-order valence-electron chi connectivity index (χ1n) is 4.61. The molecule has 0 radical (unpaired) electrons. The van der Waals surface area contributed by atoms with Crippen molar-refractivity contribution in [1.82, 2.24) is 0 Å². The van der Waals surface area contributed by atoms with Crippen molar-refractivity contribution < 1.29 is 19.0 Å². The minimum Gasteiger partial charge on any atom is -0.460 e. The van der Waals surface area contributed by atoms with Gasteiger partial charge in [0.05, 0.1) is 18.6 Å². The van der Waals surface area contributed by atoms with Crippen LogP contribution in [0.1, 0.15) is 20.3 Å².